The third-order valence-electron chi connectivity index (χ3n) is 8.35. The first-order valence-electron chi connectivity index (χ1n) is 14.3. The van der Waals surface area contributed by atoms with Crippen LogP contribution in [0, 0.1) is 17.3 Å². The van der Waals surface area contributed by atoms with Gasteiger partial charge in [-0.25, -0.2) is 0 Å². The number of rotatable bonds is 8. The number of thioether (sulfide) groups is 1. The Morgan fingerprint density at radius 1 is 1.05 bits per heavy atom. The molecule has 212 valence electrons. The van der Waals surface area contributed by atoms with Crippen LogP contribution in [0.2, 0.25) is 0 Å². The molecule has 0 bridgehead atoms. The van der Waals surface area contributed by atoms with Crippen LogP contribution in [0.1, 0.15) is 79.6 Å². The highest BCUT2D eigenvalue weighted by molar-refractivity contribution is 8.02. The topological polar surface area (TPSA) is 87.2 Å². The molecule has 0 aromatic rings. The van der Waals surface area contributed by atoms with E-state index in [0.29, 0.717) is 19.7 Å². The average molecular weight is 547 g/mol. The lowest BCUT2D eigenvalue weighted by molar-refractivity contribution is -0.153. The molecule has 2 fully saturated rings. The van der Waals surface area contributed by atoms with Crippen LogP contribution in [-0.2, 0) is 19.1 Å². The zero-order chi connectivity index (χ0) is 27.7. The first-order chi connectivity index (χ1) is 17.9. The number of aliphatic hydroxyl groups is 1. The highest BCUT2D eigenvalue weighted by Gasteiger charge is 2.71. The number of cyclic esters (lactones) is 1. The molecule has 4 heterocycles. The third kappa shape index (κ3) is 5.58. The van der Waals surface area contributed by atoms with E-state index in [1.54, 1.807) is 16.7 Å². The second-order valence-electron chi connectivity index (χ2n) is 13.2. The molecule has 2 saturated heterocycles. The number of carbonyl (C=O) groups excluding carboxylic acids is 3. The molecule has 1 N–H and O–H groups in total. The summed E-state index contributed by atoms with van der Waals surface area (Å²) in [6.45, 7) is 12.3. The van der Waals surface area contributed by atoms with Gasteiger partial charge < -0.3 is 19.6 Å². The molecular weight excluding hydrogens is 500 g/mol. The van der Waals surface area contributed by atoms with Crippen LogP contribution in [0.15, 0.2) is 24.3 Å². The van der Waals surface area contributed by atoms with Crippen LogP contribution in [0.25, 0.3) is 0 Å². The van der Waals surface area contributed by atoms with Crippen molar-refractivity contribution in [2.75, 3.05) is 26.3 Å². The van der Waals surface area contributed by atoms with Crippen molar-refractivity contribution in [1.82, 2.24) is 9.80 Å². The summed E-state index contributed by atoms with van der Waals surface area (Å²) in [5.41, 5.74) is -0.376. The molecule has 0 aromatic carbocycles. The maximum Gasteiger partial charge on any atom is 0.311 e. The summed E-state index contributed by atoms with van der Waals surface area (Å²) in [6, 6.07) is -0.655. The predicted molar refractivity (Wildman–Crippen MR) is 150 cm³/mol. The molecule has 0 aromatic heterocycles. The molecule has 1 spiro atoms. The Morgan fingerprint density at radius 2 is 1.79 bits per heavy atom. The maximum atomic E-state index is 14.6. The lowest BCUT2D eigenvalue weighted by atomic mass is 9.78. The predicted octanol–water partition coefficient (Wildman–Crippen LogP) is 4.34. The molecule has 38 heavy (non-hydrogen) atoms. The Morgan fingerprint density at radius 3 is 2.50 bits per heavy atom. The Bertz CT molecular complexity index is 970. The highest BCUT2D eigenvalue weighted by Crippen LogP contribution is 2.61. The summed E-state index contributed by atoms with van der Waals surface area (Å²) in [5.74, 6) is -1.67. The molecule has 7 nitrogen and oxygen atoms in total. The van der Waals surface area contributed by atoms with Gasteiger partial charge in [0.15, 0.2) is 0 Å². The SMILES string of the molecule is CC(C)(C)CC(C)(C)N1CC=C[C@]23S[C@@H]4/C=C\CCCOC(=O)[C@@H]4[C@H]2C(=O)N(CCCCCCO)C3C1=O. The van der Waals surface area contributed by atoms with Gasteiger partial charge in [0.05, 0.1) is 23.2 Å². The number of aliphatic hydroxyl groups excluding tert-OH is 1. The summed E-state index contributed by atoms with van der Waals surface area (Å²) in [6.07, 6.45) is 14.0. The van der Waals surface area contributed by atoms with E-state index in [9.17, 15) is 14.4 Å². The van der Waals surface area contributed by atoms with Crippen molar-refractivity contribution in [1.29, 1.82) is 0 Å². The van der Waals surface area contributed by atoms with Crippen LogP contribution in [0.4, 0.5) is 0 Å². The lowest BCUT2D eigenvalue weighted by Crippen LogP contribution is -2.58. The number of fused-ring (bicyclic) bond motifs is 2. The fourth-order valence-electron chi connectivity index (χ4n) is 7.18. The number of amides is 2. The van der Waals surface area contributed by atoms with Crippen LogP contribution in [-0.4, -0.2) is 80.6 Å². The Kier molecular flexibility index (Phi) is 8.73. The minimum absolute atomic E-state index is 0.0215. The van der Waals surface area contributed by atoms with Gasteiger partial charge in [-0.15, -0.1) is 11.8 Å². The van der Waals surface area contributed by atoms with E-state index in [0.717, 1.165) is 44.9 Å². The van der Waals surface area contributed by atoms with Crippen molar-refractivity contribution in [3.63, 3.8) is 0 Å². The monoisotopic (exact) mass is 546 g/mol. The summed E-state index contributed by atoms with van der Waals surface area (Å²) >= 11 is 1.61. The Hall–Kier alpha value is -1.80. The van der Waals surface area contributed by atoms with Gasteiger partial charge in [-0.1, -0.05) is 57.9 Å². The molecule has 0 saturated carbocycles. The van der Waals surface area contributed by atoms with Crippen molar-refractivity contribution in [2.45, 2.75) is 101 Å². The molecule has 5 atom stereocenters. The van der Waals surface area contributed by atoms with Gasteiger partial charge in [-0.05, 0) is 51.4 Å². The van der Waals surface area contributed by atoms with Crippen molar-refractivity contribution in [3.8, 4) is 0 Å². The van der Waals surface area contributed by atoms with Gasteiger partial charge in [-0.2, -0.15) is 0 Å². The zero-order valence-electron chi connectivity index (χ0n) is 23.8. The van der Waals surface area contributed by atoms with E-state index in [1.165, 1.54) is 0 Å². The van der Waals surface area contributed by atoms with E-state index in [4.69, 9.17) is 9.84 Å². The number of esters is 1. The second kappa shape index (κ2) is 11.4. The van der Waals surface area contributed by atoms with Gasteiger partial charge in [0.2, 0.25) is 11.8 Å². The van der Waals surface area contributed by atoms with E-state index in [1.807, 2.05) is 4.90 Å². The fourth-order valence-corrected chi connectivity index (χ4v) is 9.18. The van der Waals surface area contributed by atoms with E-state index in [-0.39, 0.29) is 35.1 Å². The van der Waals surface area contributed by atoms with Crippen LogP contribution in [0.5, 0.6) is 0 Å². The molecule has 0 aliphatic carbocycles. The summed E-state index contributed by atoms with van der Waals surface area (Å²) in [7, 11) is 0. The van der Waals surface area contributed by atoms with Crippen LogP contribution >= 0.6 is 11.8 Å². The van der Waals surface area contributed by atoms with Crippen molar-refractivity contribution < 1.29 is 24.2 Å². The minimum atomic E-state index is -0.802. The van der Waals surface area contributed by atoms with E-state index >= 15 is 0 Å². The number of hydrogen-bond acceptors (Lipinski definition) is 6. The average Bonchev–Trinajstić information content (AvgIpc) is 3.21. The van der Waals surface area contributed by atoms with Crippen molar-refractivity contribution >= 4 is 29.5 Å². The summed E-state index contributed by atoms with van der Waals surface area (Å²) in [5, 5.41) is 8.96. The molecular formula is C30H46N2O5S. The smallest absolute Gasteiger partial charge is 0.311 e. The number of unbranched alkanes of at least 4 members (excludes halogenated alkanes) is 3. The van der Waals surface area contributed by atoms with Crippen LogP contribution in [0.3, 0.4) is 0 Å². The number of ether oxygens (including phenoxy) is 1. The number of hydrogen-bond donors (Lipinski definition) is 1. The molecule has 4 rings (SSSR count). The number of likely N-dealkylation sites (tertiary alicyclic amines) is 1. The van der Waals surface area contributed by atoms with E-state index < -0.39 is 28.2 Å². The summed E-state index contributed by atoms with van der Waals surface area (Å²) in [4.78, 5) is 45.9. The third-order valence-corrected chi connectivity index (χ3v) is 10.1. The number of carbonyl (C=O) groups is 3. The van der Waals surface area contributed by atoms with E-state index in [2.05, 4.69) is 58.9 Å². The molecule has 8 heteroatoms. The van der Waals surface area contributed by atoms with Gasteiger partial charge in [0.1, 0.15) is 6.04 Å². The molecule has 2 amide bonds. The lowest BCUT2D eigenvalue weighted by Gasteiger charge is -2.44. The Labute approximate surface area is 232 Å². The molecule has 1 unspecified atom stereocenters. The van der Waals surface area contributed by atoms with Crippen LogP contribution < -0.4 is 0 Å². The maximum absolute atomic E-state index is 14.6. The number of nitrogens with zero attached hydrogens (tertiary/aromatic N) is 2. The van der Waals surface area contributed by atoms with Gasteiger partial charge >= 0.3 is 5.97 Å². The number of allylic oxidation sites excluding steroid dienone is 1. The highest BCUT2D eigenvalue weighted by atomic mass is 32.2. The van der Waals surface area contributed by atoms with Gasteiger partial charge in [0.25, 0.3) is 0 Å². The zero-order valence-corrected chi connectivity index (χ0v) is 24.6. The quantitative estimate of drug-likeness (QED) is 0.277. The first kappa shape index (κ1) is 29.2. The standard InChI is InChI=1S/C30H46N2O5S/c1-28(2,3)20-29(4,5)32-17-13-15-30-23(22-21(38-30)14-9-8-12-19-37-27(22)36)25(34)31(24(30)26(32)35)16-10-6-7-11-18-33/h9,13-15,21-24,33H,6-8,10-12,16-20H2,1-5H3/b14-9-/t21-,22+,23+,24?,30+/m1/s1. The molecule has 4 aliphatic heterocycles. The molecule has 0 radical (unpaired) electrons. The Balaban J connectivity index is 1.74. The summed E-state index contributed by atoms with van der Waals surface area (Å²) < 4.78 is 4.85. The van der Waals surface area contributed by atoms with Crippen molar-refractivity contribution in [2.24, 2.45) is 17.3 Å². The fraction of sp³-hybridized carbons (Fsp3) is 0.767. The molecule has 4 aliphatic rings. The second-order valence-corrected chi connectivity index (χ2v) is 14.6. The minimum Gasteiger partial charge on any atom is -0.465 e. The van der Waals surface area contributed by atoms with Gasteiger partial charge in [-0.3, -0.25) is 14.4 Å². The normalized spacial score (nSPS) is 32.6. The first-order valence-corrected chi connectivity index (χ1v) is 15.2. The largest absolute Gasteiger partial charge is 0.465 e. The van der Waals surface area contributed by atoms with Crippen molar-refractivity contribution in [3.05, 3.63) is 24.3 Å². The van der Waals surface area contributed by atoms with Gasteiger partial charge in [0, 0.05) is 30.5 Å².